The van der Waals surface area contributed by atoms with E-state index in [1.54, 1.807) is 72.8 Å². The van der Waals surface area contributed by atoms with E-state index in [0.717, 1.165) is 10.0 Å². The van der Waals surface area contributed by atoms with E-state index in [1.807, 2.05) is 30.3 Å². The number of carbonyl (C=O) groups excluding carboxylic acids is 3. The Hall–Kier alpha value is -4.53. The van der Waals surface area contributed by atoms with Gasteiger partial charge in [0, 0.05) is 32.4 Å². The third-order valence-corrected chi connectivity index (χ3v) is 6.01. The van der Waals surface area contributed by atoms with Gasteiger partial charge >= 0.3 is 5.97 Å². The molecule has 194 valence electrons. The number of nitrogens with one attached hydrogen (secondary N) is 2. The normalized spacial score (nSPS) is 10.9. The first-order valence-electron chi connectivity index (χ1n) is 11.6. The number of nitrogens with zero attached hydrogens (tertiary/aromatic N) is 1. The van der Waals surface area contributed by atoms with E-state index in [-0.39, 0.29) is 11.7 Å². The molecule has 39 heavy (non-hydrogen) atoms. The third-order valence-electron chi connectivity index (χ3n) is 5.27. The van der Waals surface area contributed by atoms with Gasteiger partial charge in [0.25, 0.3) is 5.91 Å². The number of hydrazone groups is 1. The van der Waals surface area contributed by atoms with Gasteiger partial charge in [-0.1, -0.05) is 57.9 Å². The van der Waals surface area contributed by atoms with Crippen molar-refractivity contribution in [1.82, 2.24) is 5.43 Å². The second-order valence-electron chi connectivity index (χ2n) is 8.09. The Kier molecular flexibility index (Phi) is 9.39. The highest BCUT2D eigenvalue weighted by atomic mass is 79.9. The van der Waals surface area contributed by atoms with Crippen molar-refractivity contribution < 1.29 is 19.1 Å². The van der Waals surface area contributed by atoms with Crippen molar-refractivity contribution in [3.8, 4) is 5.75 Å². The van der Waals surface area contributed by atoms with Crippen LogP contribution in [-0.2, 0) is 4.79 Å². The van der Waals surface area contributed by atoms with Gasteiger partial charge in [0.2, 0.25) is 5.91 Å². The van der Waals surface area contributed by atoms with Crippen molar-refractivity contribution in [1.29, 1.82) is 0 Å². The minimum atomic E-state index is -0.560. The lowest BCUT2D eigenvalue weighted by Gasteiger charge is -2.08. The zero-order valence-electron chi connectivity index (χ0n) is 20.3. The summed E-state index contributed by atoms with van der Waals surface area (Å²) < 4.78 is 6.24. The smallest absolute Gasteiger partial charge is 0.343 e. The molecule has 0 saturated carbocycles. The SMILES string of the molecule is O=C(/C=C/c1ccccc1)Nc1ccc(C(=O)N/N=C\c2cc(Br)ccc2OC(=O)c2ccc(Cl)cc2)cc1. The summed E-state index contributed by atoms with van der Waals surface area (Å²) in [6, 6.07) is 27.2. The first-order chi connectivity index (χ1) is 18.9. The summed E-state index contributed by atoms with van der Waals surface area (Å²) in [6.45, 7) is 0. The first kappa shape index (κ1) is 27.5. The monoisotopic (exact) mass is 601 g/mol. The van der Waals surface area contributed by atoms with Gasteiger partial charge < -0.3 is 10.1 Å². The lowest BCUT2D eigenvalue weighted by Crippen LogP contribution is -2.18. The molecule has 4 rings (SSSR count). The topological polar surface area (TPSA) is 96.9 Å². The number of carbonyl (C=O) groups is 3. The second-order valence-corrected chi connectivity index (χ2v) is 9.44. The Morgan fingerprint density at radius 1 is 0.846 bits per heavy atom. The molecule has 0 heterocycles. The Bertz CT molecular complexity index is 1540. The highest BCUT2D eigenvalue weighted by Gasteiger charge is 2.12. The maximum Gasteiger partial charge on any atom is 0.343 e. The van der Waals surface area contributed by atoms with Crippen molar-refractivity contribution in [2.45, 2.75) is 0 Å². The molecular weight excluding hydrogens is 582 g/mol. The fraction of sp³-hybridized carbons (Fsp3) is 0. The third kappa shape index (κ3) is 8.23. The number of halogens is 2. The summed E-state index contributed by atoms with van der Waals surface area (Å²) in [5, 5.41) is 7.26. The van der Waals surface area contributed by atoms with Gasteiger partial charge in [-0.2, -0.15) is 5.10 Å². The van der Waals surface area contributed by atoms with Gasteiger partial charge in [-0.05, 0) is 78.4 Å². The summed E-state index contributed by atoms with van der Waals surface area (Å²) in [4.78, 5) is 37.2. The molecule has 0 saturated heterocycles. The first-order valence-corrected chi connectivity index (χ1v) is 12.8. The largest absolute Gasteiger partial charge is 0.422 e. The van der Waals surface area contributed by atoms with Crippen LogP contribution in [0.3, 0.4) is 0 Å². The van der Waals surface area contributed by atoms with E-state index in [2.05, 4.69) is 31.8 Å². The van der Waals surface area contributed by atoms with Crippen molar-refractivity contribution in [3.05, 3.63) is 135 Å². The molecule has 4 aromatic carbocycles. The van der Waals surface area contributed by atoms with Crippen LogP contribution in [0.4, 0.5) is 5.69 Å². The molecule has 0 fully saturated rings. The lowest BCUT2D eigenvalue weighted by molar-refractivity contribution is -0.111. The molecule has 7 nitrogen and oxygen atoms in total. The standard InChI is InChI=1S/C30H21BrClN3O4/c31-24-11-16-27(39-30(38)22-7-12-25(32)13-8-22)23(18-24)19-33-35-29(37)21-9-14-26(15-10-21)34-28(36)17-6-20-4-2-1-3-5-20/h1-19H,(H,34,36)(H,35,37)/b17-6+,33-19-. The quantitative estimate of drug-likeness (QED) is 0.0768. The van der Waals surface area contributed by atoms with E-state index < -0.39 is 11.9 Å². The Morgan fingerprint density at radius 3 is 2.26 bits per heavy atom. The zero-order chi connectivity index (χ0) is 27.6. The van der Waals surface area contributed by atoms with E-state index >= 15 is 0 Å². The summed E-state index contributed by atoms with van der Waals surface area (Å²) in [6.07, 6.45) is 4.53. The van der Waals surface area contributed by atoms with Crippen LogP contribution in [0.1, 0.15) is 31.8 Å². The van der Waals surface area contributed by atoms with Crippen molar-refractivity contribution in [2.24, 2.45) is 5.10 Å². The van der Waals surface area contributed by atoms with E-state index in [4.69, 9.17) is 16.3 Å². The Balaban J connectivity index is 1.35. The van der Waals surface area contributed by atoms with Crippen LogP contribution < -0.4 is 15.5 Å². The fourth-order valence-electron chi connectivity index (χ4n) is 3.31. The summed E-state index contributed by atoms with van der Waals surface area (Å²) in [5.41, 5.74) is 5.04. The lowest BCUT2D eigenvalue weighted by atomic mass is 10.2. The van der Waals surface area contributed by atoms with Gasteiger partial charge in [-0.15, -0.1) is 0 Å². The molecule has 9 heteroatoms. The van der Waals surface area contributed by atoms with E-state index in [9.17, 15) is 14.4 Å². The molecular formula is C30H21BrClN3O4. The van der Waals surface area contributed by atoms with Crippen molar-refractivity contribution in [2.75, 3.05) is 5.32 Å². The number of anilines is 1. The summed E-state index contributed by atoms with van der Waals surface area (Å²) >= 11 is 9.26. The number of hydrogen-bond acceptors (Lipinski definition) is 5. The van der Waals surface area contributed by atoms with Crippen LogP contribution in [0.2, 0.25) is 5.02 Å². The van der Waals surface area contributed by atoms with Gasteiger partial charge in [0.15, 0.2) is 0 Å². The molecule has 0 aliphatic heterocycles. The molecule has 0 unspecified atom stereocenters. The molecule has 2 N–H and O–H groups in total. The summed E-state index contributed by atoms with van der Waals surface area (Å²) in [7, 11) is 0. The minimum absolute atomic E-state index is 0.262. The second kappa shape index (κ2) is 13.3. The van der Waals surface area contributed by atoms with Crippen LogP contribution in [0.15, 0.2) is 113 Å². The van der Waals surface area contributed by atoms with Crippen LogP contribution >= 0.6 is 27.5 Å². The molecule has 0 aromatic heterocycles. The van der Waals surface area contributed by atoms with Crippen molar-refractivity contribution in [3.63, 3.8) is 0 Å². The molecule has 2 amide bonds. The average Bonchev–Trinajstić information content (AvgIpc) is 2.94. The number of amides is 2. The van der Waals surface area contributed by atoms with Crippen LogP contribution in [0, 0.1) is 0 Å². The van der Waals surface area contributed by atoms with Crippen LogP contribution in [0.5, 0.6) is 5.75 Å². The number of benzene rings is 4. The molecule has 0 aliphatic carbocycles. The minimum Gasteiger partial charge on any atom is -0.422 e. The van der Waals surface area contributed by atoms with E-state index in [1.165, 1.54) is 12.3 Å². The van der Waals surface area contributed by atoms with Gasteiger partial charge in [0.05, 0.1) is 11.8 Å². The predicted octanol–water partition coefficient (Wildman–Crippen LogP) is 6.74. The molecule has 0 aliphatic rings. The van der Waals surface area contributed by atoms with E-state index in [0.29, 0.717) is 27.4 Å². The maximum atomic E-state index is 12.5. The van der Waals surface area contributed by atoms with Gasteiger partial charge in [-0.3, -0.25) is 9.59 Å². The summed E-state index contributed by atoms with van der Waals surface area (Å²) in [5.74, 6) is -1.04. The number of rotatable bonds is 8. The van der Waals surface area contributed by atoms with Gasteiger partial charge in [-0.25, -0.2) is 10.2 Å². The molecule has 0 atom stereocenters. The molecule has 0 radical (unpaired) electrons. The number of hydrogen-bond donors (Lipinski definition) is 2. The maximum absolute atomic E-state index is 12.5. The molecule has 4 aromatic rings. The van der Waals surface area contributed by atoms with Crippen molar-refractivity contribution >= 4 is 63.3 Å². The van der Waals surface area contributed by atoms with Crippen LogP contribution in [-0.4, -0.2) is 24.0 Å². The highest BCUT2D eigenvalue weighted by Crippen LogP contribution is 2.23. The Labute approximate surface area is 238 Å². The highest BCUT2D eigenvalue weighted by molar-refractivity contribution is 9.10. The number of ether oxygens (including phenoxy) is 1. The zero-order valence-corrected chi connectivity index (χ0v) is 22.6. The average molecular weight is 603 g/mol. The fourth-order valence-corrected chi connectivity index (χ4v) is 3.81. The molecule has 0 bridgehead atoms. The van der Waals surface area contributed by atoms with Crippen LogP contribution in [0.25, 0.3) is 6.08 Å². The molecule has 0 spiro atoms. The predicted molar refractivity (Wildman–Crippen MR) is 156 cm³/mol. The number of esters is 1. The Morgan fingerprint density at radius 2 is 1.54 bits per heavy atom. The van der Waals surface area contributed by atoms with Gasteiger partial charge in [0.1, 0.15) is 5.75 Å².